The summed E-state index contributed by atoms with van der Waals surface area (Å²) in [5.41, 5.74) is -0.769. The van der Waals surface area contributed by atoms with Crippen molar-refractivity contribution >= 4 is 34.2 Å². The second-order valence-corrected chi connectivity index (χ2v) is 8.77. The minimum Gasteiger partial charge on any atom is -0.382 e. The van der Waals surface area contributed by atoms with Crippen molar-refractivity contribution in [1.82, 2.24) is 19.1 Å². The van der Waals surface area contributed by atoms with E-state index in [1.165, 1.54) is 46.7 Å². The second-order valence-electron chi connectivity index (χ2n) is 6.39. The van der Waals surface area contributed by atoms with Crippen LogP contribution in [0.25, 0.3) is 10.9 Å². The first-order valence-corrected chi connectivity index (χ1v) is 10.1. The highest BCUT2D eigenvalue weighted by molar-refractivity contribution is 8.01. The average Bonchev–Trinajstić information content (AvgIpc) is 3.31. The number of benzene rings is 2. The third kappa shape index (κ3) is 3.52. The van der Waals surface area contributed by atoms with Gasteiger partial charge in [-0.1, -0.05) is 24.3 Å². The molecule has 4 aromatic rings. The lowest BCUT2D eigenvalue weighted by atomic mass is 9.90. The van der Waals surface area contributed by atoms with E-state index in [0.29, 0.717) is 0 Å². The Morgan fingerprint density at radius 1 is 1.25 bits per heavy atom. The maximum absolute atomic E-state index is 14.6. The first-order valence-electron chi connectivity index (χ1n) is 8.49. The fourth-order valence-corrected chi connectivity index (χ4v) is 5.39. The summed E-state index contributed by atoms with van der Waals surface area (Å²) in [6.45, 7) is 1.78. The monoisotopic (exact) mass is 418 g/mol. The van der Waals surface area contributed by atoms with Crippen LogP contribution in [0.15, 0.2) is 59.3 Å². The number of hydrogen-bond acceptors (Lipinski definition) is 6. The first-order chi connectivity index (χ1) is 13.5. The predicted octanol–water partition coefficient (Wildman–Crippen LogP) is 4.23. The quantitative estimate of drug-likeness (QED) is 0.475. The van der Waals surface area contributed by atoms with E-state index >= 15 is 0 Å². The zero-order chi connectivity index (χ0) is 19.7. The summed E-state index contributed by atoms with van der Waals surface area (Å²) in [4.78, 5) is 3.88. The molecule has 0 aliphatic carbocycles. The Kier molecular flexibility index (Phi) is 5.13. The molecule has 0 radical (unpaired) electrons. The molecule has 4 rings (SSSR count). The lowest BCUT2D eigenvalue weighted by molar-refractivity contribution is 0.0134. The van der Waals surface area contributed by atoms with Crippen LogP contribution in [0, 0.1) is 11.6 Å². The summed E-state index contributed by atoms with van der Waals surface area (Å²) in [6.07, 6.45) is 2.79. The Labute approximate surface area is 168 Å². The number of nitrogens with zero attached hydrogens (tertiary/aromatic N) is 4. The van der Waals surface area contributed by atoms with E-state index in [-0.39, 0.29) is 12.1 Å². The smallest absolute Gasteiger partial charge is 0.137 e. The Morgan fingerprint density at radius 3 is 2.82 bits per heavy atom. The zero-order valence-corrected chi connectivity index (χ0v) is 16.4. The van der Waals surface area contributed by atoms with Crippen LogP contribution in [-0.2, 0) is 12.1 Å². The average molecular weight is 418 g/mol. The Bertz CT molecular complexity index is 1100. The molecule has 0 saturated carbocycles. The van der Waals surface area contributed by atoms with E-state index in [9.17, 15) is 13.9 Å². The molecule has 2 aromatic carbocycles. The van der Waals surface area contributed by atoms with E-state index in [2.05, 4.69) is 14.5 Å². The molecule has 0 saturated heterocycles. The molecular weight excluding hydrogens is 402 g/mol. The summed E-state index contributed by atoms with van der Waals surface area (Å²) in [6, 6.07) is 10.9. The zero-order valence-electron chi connectivity index (χ0n) is 14.8. The van der Waals surface area contributed by atoms with Gasteiger partial charge in [0.25, 0.3) is 0 Å². The molecule has 5 nitrogen and oxygen atoms in total. The summed E-state index contributed by atoms with van der Waals surface area (Å²) in [5, 5.41) is 16.1. The number of rotatable bonds is 6. The second kappa shape index (κ2) is 7.57. The van der Waals surface area contributed by atoms with Crippen LogP contribution in [0.4, 0.5) is 8.78 Å². The van der Waals surface area contributed by atoms with Crippen LogP contribution in [-0.4, -0.2) is 29.5 Å². The summed E-state index contributed by atoms with van der Waals surface area (Å²) < 4.78 is 34.8. The number of aliphatic hydroxyl groups is 1. The van der Waals surface area contributed by atoms with Gasteiger partial charge in [0.05, 0.1) is 16.3 Å². The van der Waals surface area contributed by atoms with Crippen molar-refractivity contribution in [2.75, 3.05) is 0 Å². The Morgan fingerprint density at radius 2 is 2.07 bits per heavy atom. The van der Waals surface area contributed by atoms with E-state index < -0.39 is 22.5 Å². The molecule has 0 amide bonds. The van der Waals surface area contributed by atoms with Crippen molar-refractivity contribution in [2.45, 2.75) is 28.5 Å². The topological polar surface area (TPSA) is 63.8 Å². The van der Waals surface area contributed by atoms with Crippen LogP contribution in [0.1, 0.15) is 12.5 Å². The first kappa shape index (κ1) is 19.0. The molecule has 144 valence electrons. The fourth-order valence-electron chi connectivity index (χ4n) is 3.04. The molecule has 0 aliphatic rings. The van der Waals surface area contributed by atoms with E-state index in [0.717, 1.165) is 27.2 Å². The lowest BCUT2D eigenvalue weighted by Crippen LogP contribution is -2.41. The van der Waals surface area contributed by atoms with Gasteiger partial charge in [0.2, 0.25) is 0 Å². The summed E-state index contributed by atoms with van der Waals surface area (Å²) in [5.74, 6) is -1.50. The SMILES string of the molecule is C[C@@H](Sc1snc2ccccc12)[C@](O)(Cn1cncn1)c1ccc(F)cc1F. The molecule has 28 heavy (non-hydrogen) atoms. The van der Waals surface area contributed by atoms with Crippen LogP contribution >= 0.6 is 23.3 Å². The van der Waals surface area contributed by atoms with Crippen molar-refractivity contribution in [3.8, 4) is 0 Å². The minimum atomic E-state index is -1.65. The third-order valence-corrected chi connectivity index (χ3v) is 6.94. The highest BCUT2D eigenvalue weighted by atomic mass is 32.2. The van der Waals surface area contributed by atoms with E-state index in [1.54, 1.807) is 6.92 Å². The van der Waals surface area contributed by atoms with Crippen LogP contribution in [0.5, 0.6) is 0 Å². The normalized spacial score (nSPS) is 14.9. The Balaban J connectivity index is 1.73. The molecule has 0 unspecified atom stereocenters. The molecule has 2 atom stereocenters. The van der Waals surface area contributed by atoms with Gasteiger partial charge in [0.15, 0.2) is 0 Å². The van der Waals surface area contributed by atoms with Gasteiger partial charge >= 0.3 is 0 Å². The van der Waals surface area contributed by atoms with E-state index in [4.69, 9.17) is 0 Å². The number of halogens is 2. The largest absolute Gasteiger partial charge is 0.382 e. The standard InChI is InChI=1S/C19H16F2N4OS2/c1-12(27-18-14-4-2-3-5-17(14)24-28-18)19(26,9-25-11-22-10-23-25)15-7-6-13(20)8-16(15)21/h2-8,10-12,26H,9H2,1H3/t12-,19-/m1/s1. The Hall–Kier alpha value is -2.36. The van der Waals surface area contributed by atoms with Crippen molar-refractivity contribution in [2.24, 2.45) is 0 Å². The lowest BCUT2D eigenvalue weighted by Gasteiger charge is -2.34. The summed E-state index contributed by atoms with van der Waals surface area (Å²) >= 11 is 2.73. The van der Waals surface area contributed by atoms with Crippen molar-refractivity contribution < 1.29 is 13.9 Å². The highest BCUT2D eigenvalue weighted by Crippen LogP contribution is 2.42. The molecule has 0 fully saturated rings. The maximum atomic E-state index is 14.6. The molecule has 0 aliphatic heterocycles. The molecule has 2 heterocycles. The molecule has 1 N–H and O–H groups in total. The molecule has 0 bridgehead atoms. The summed E-state index contributed by atoms with van der Waals surface area (Å²) in [7, 11) is 0. The van der Waals surface area contributed by atoms with Crippen molar-refractivity contribution in [1.29, 1.82) is 0 Å². The van der Waals surface area contributed by atoms with Crippen molar-refractivity contribution in [3.63, 3.8) is 0 Å². The van der Waals surface area contributed by atoms with Gasteiger partial charge in [-0.3, -0.25) is 0 Å². The van der Waals surface area contributed by atoms with Crippen LogP contribution < -0.4 is 0 Å². The molecular formula is C19H16F2N4OS2. The van der Waals surface area contributed by atoms with Gasteiger partial charge in [0, 0.05) is 22.3 Å². The molecule has 9 heteroatoms. The van der Waals surface area contributed by atoms with Gasteiger partial charge in [-0.25, -0.2) is 18.4 Å². The molecule has 0 spiro atoms. The number of thioether (sulfide) groups is 1. The highest BCUT2D eigenvalue weighted by Gasteiger charge is 2.40. The van der Waals surface area contributed by atoms with E-state index in [1.807, 2.05) is 24.3 Å². The van der Waals surface area contributed by atoms with Gasteiger partial charge in [-0.2, -0.15) is 9.47 Å². The third-order valence-electron chi connectivity index (χ3n) is 4.57. The van der Waals surface area contributed by atoms with Gasteiger partial charge in [-0.15, -0.1) is 11.8 Å². The molecule has 2 aromatic heterocycles. The van der Waals surface area contributed by atoms with Gasteiger partial charge in [0.1, 0.15) is 29.9 Å². The predicted molar refractivity (Wildman–Crippen MR) is 105 cm³/mol. The number of aromatic nitrogens is 4. The minimum absolute atomic E-state index is 0.0122. The number of hydrogen-bond donors (Lipinski definition) is 1. The van der Waals surface area contributed by atoms with Crippen molar-refractivity contribution in [3.05, 3.63) is 72.3 Å². The maximum Gasteiger partial charge on any atom is 0.137 e. The van der Waals surface area contributed by atoms with Crippen LogP contribution in [0.2, 0.25) is 0 Å². The fraction of sp³-hybridized carbons (Fsp3) is 0.211. The van der Waals surface area contributed by atoms with Crippen LogP contribution in [0.3, 0.4) is 0 Å². The van der Waals surface area contributed by atoms with Gasteiger partial charge < -0.3 is 5.11 Å². The number of fused-ring (bicyclic) bond motifs is 1. The van der Waals surface area contributed by atoms with Gasteiger partial charge in [-0.05, 0) is 30.6 Å².